The predicted molar refractivity (Wildman–Crippen MR) is 136 cm³/mol. The van der Waals surface area contributed by atoms with Crippen molar-refractivity contribution in [2.24, 2.45) is 0 Å². The van der Waals surface area contributed by atoms with Crippen molar-refractivity contribution in [3.63, 3.8) is 0 Å². The number of carbonyl (C=O) groups is 1. The van der Waals surface area contributed by atoms with E-state index in [0.717, 1.165) is 53.5 Å². The van der Waals surface area contributed by atoms with Crippen molar-refractivity contribution < 1.29 is 17.4 Å². The number of hydrogen-bond donors (Lipinski definition) is 1. The molecular formula is C26H30N2O4S2. The fourth-order valence-corrected chi connectivity index (χ4v) is 6.20. The molecule has 0 radical (unpaired) electrons. The first-order valence-electron chi connectivity index (χ1n) is 11.5. The van der Waals surface area contributed by atoms with E-state index in [1.54, 1.807) is 18.2 Å². The van der Waals surface area contributed by atoms with E-state index >= 15 is 0 Å². The molecule has 1 N–H and O–H groups in total. The van der Waals surface area contributed by atoms with Crippen LogP contribution in [0, 0.1) is 6.92 Å². The van der Waals surface area contributed by atoms with Gasteiger partial charge in [-0.3, -0.25) is 4.79 Å². The number of hydrogen-bond acceptors (Lipinski definition) is 7. The van der Waals surface area contributed by atoms with Gasteiger partial charge in [0, 0.05) is 30.1 Å². The molecule has 0 amide bonds. The van der Waals surface area contributed by atoms with Crippen LogP contribution in [0.25, 0.3) is 0 Å². The summed E-state index contributed by atoms with van der Waals surface area (Å²) in [5, 5.41) is 3.54. The number of likely N-dealkylation sites (N-methyl/N-ethyl adjacent to an activating group) is 1. The second-order valence-corrected chi connectivity index (χ2v) is 11.0. The lowest BCUT2D eigenvalue weighted by atomic mass is 9.96. The Morgan fingerprint density at radius 1 is 1.06 bits per heavy atom. The van der Waals surface area contributed by atoms with Crippen LogP contribution in [-0.4, -0.2) is 45.3 Å². The Labute approximate surface area is 206 Å². The number of carbonyl (C=O) groups excluding carboxylic acids is 1. The first-order valence-corrected chi connectivity index (χ1v) is 13.8. The van der Waals surface area contributed by atoms with Gasteiger partial charge in [0.2, 0.25) is 0 Å². The molecule has 0 bridgehead atoms. The summed E-state index contributed by atoms with van der Waals surface area (Å²) in [5.74, 6) is 0.0579. The van der Waals surface area contributed by atoms with Gasteiger partial charge in [0.1, 0.15) is 10.7 Å². The van der Waals surface area contributed by atoms with E-state index in [-0.39, 0.29) is 22.9 Å². The molecule has 180 valence electrons. The van der Waals surface area contributed by atoms with Crippen LogP contribution in [0.1, 0.15) is 31.4 Å². The normalized spacial score (nSPS) is 15.6. The van der Waals surface area contributed by atoms with Crippen LogP contribution in [0.2, 0.25) is 0 Å². The van der Waals surface area contributed by atoms with Crippen molar-refractivity contribution in [3.8, 4) is 0 Å². The molecule has 0 spiro atoms. The van der Waals surface area contributed by atoms with Gasteiger partial charge in [0.05, 0.1) is 11.3 Å². The summed E-state index contributed by atoms with van der Waals surface area (Å²) < 4.78 is 30.9. The first-order chi connectivity index (χ1) is 16.3. The molecule has 0 unspecified atom stereocenters. The third kappa shape index (κ3) is 5.40. The molecule has 1 aliphatic carbocycles. The fourth-order valence-electron chi connectivity index (χ4n) is 4.13. The summed E-state index contributed by atoms with van der Waals surface area (Å²) in [4.78, 5) is 17.1. The van der Waals surface area contributed by atoms with Gasteiger partial charge in [0.25, 0.3) is 0 Å². The van der Waals surface area contributed by atoms with Crippen molar-refractivity contribution in [2.75, 3.05) is 31.5 Å². The minimum atomic E-state index is -4.00. The van der Waals surface area contributed by atoms with E-state index in [9.17, 15) is 13.2 Å². The molecule has 0 aromatic heterocycles. The van der Waals surface area contributed by atoms with Crippen LogP contribution >= 0.6 is 11.8 Å². The molecule has 1 aliphatic heterocycles. The zero-order chi connectivity index (χ0) is 24.3. The maximum Gasteiger partial charge on any atom is 0.338 e. The summed E-state index contributed by atoms with van der Waals surface area (Å²) in [6.07, 6.45) is 2.22. The lowest BCUT2D eigenvalue weighted by molar-refractivity contribution is -0.114. The second-order valence-electron chi connectivity index (χ2n) is 8.43. The summed E-state index contributed by atoms with van der Waals surface area (Å²) in [6, 6.07) is 12.6. The second kappa shape index (κ2) is 10.4. The molecule has 0 fully saturated rings. The fraction of sp³-hybridized carbons (Fsp3) is 0.346. The maximum absolute atomic E-state index is 12.9. The monoisotopic (exact) mass is 498 g/mol. The van der Waals surface area contributed by atoms with E-state index < -0.39 is 10.1 Å². The predicted octanol–water partition coefficient (Wildman–Crippen LogP) is 4.91. The van der Waals surface area contributed by atoms with Crippen molar-refractivity contribution in [3.05, 3.63) is 75.9 Å². The molecule has 8 heteroatoms. The Morgan fingerprint density at radius 2 is 1.79 bits per heavy atom. The average molecular weight is 499 g/mol. The summed E-state index contributed by atoms with van der Waals surface area (Å²) in [5.41, 5.74) is 3.93. The number of ketones is 1. The highest BCUT2D eigenvalue weighted by Gasteiger charge is 2.31. The number of nitrogens with one attached hydrogen (secondary N) is 1. The highest BCUT2D eigenvalue weighted by molar-refractivity contribution is 8.04. The standard InChI is InChI=1S/C26H30N2O4S2/c1-4-28(5-2)14-13-27-23-7-6-8-25-22(23)16-19-15-20(17-24(29)26(19)33-25)32-34(30,31)21-11-9-18(3)10-12-21/h6-12,15,27H,4-5,13-14,16-17H2,1-3H3. The lowest BCUT2D eigenvalue weighted by Crippen LogP contribution is -2.28. The molecule has 0 atom stereocenters. The van der Waals surface area contributed by atoms with Crippen molar-refractivity contribution >= 4 is 33.4 Å². The van der Waals surface area contributed by atoms with Crippen LogP contribution in [-0.2, 0) is 25.5 Å². The molecular weight excluding hydrogens is 468 g/mol. The number of thioether (sulfide) groups is 1. The highest BCUT2D eigenvalue weighted by atomic mass is 32.2. The zero-order valence-electron chi connectivity index (χ0n) is 19.8. The van der Waals surface area contributed by atoms with Crippen molar-refractivity contribution in [1.29, 1.82) is 0 Å². The average Bonchev–Trinajstić information content (AvgIpc) is 2.81. The lowest BCUT2D eigenvalue weighted by Gasteiger charge is -2.26. The van der Waals surface area contributed by atoms with E-state index in [1.807, 2.05) is 19.1 Å². The van der Waals surface area contributed by atoms with Crippen LogP contribution in [0.3, 0.4) is 0 Å². The number of rotatable bonds is 9. The van der Waals surface area contributed by atoms with Gasteiger partial charge in [-0.2, -0.15) is 8.42 Å². The van der Waals surface area contributed by atoms with Gasteiger partial charge in [-0.25, -0.2) is 0 Å². The number of anilines is 1. The molecule has 6 nitrogen and oxygen atoms in total. The summed E-state index contributed by atoms with van der Waals surface area (Å²) >= 11 is 1.46. The molecule has 34 heavy (non-hydrogen) atoms. The van der Waals surface area contributed by atoms with Gasteiger partial charge in [-0.05, 0) is 61.5 Å². The molecule has 2 aromatic rings. The number of benzene rings is 2. The maximum atomic E-state index is 12.9. The SMILES string of the molecule is CCN(CC)CCNc1cccc2c1CC1=C(S2)C(=O)CC(OS(=O)(=O)c2ccc(C)cc2)=C1. The molecule has 0 saturated heterocycles. The van der Waals surface area contributed by atoms with Gasteiger partial charge >= 0.3 is 10.1 Å². The van der Waals surface area contributed by atoms with Gasteiger partial charge in [-0.15, -0.1) is 0 Å². The number of Topliss-reactive ketones (excluding diaryl/α,β-unsaturated/α-hetero) is 1. The Hall–Kier alpha value is -2.55. The van der Waals surface area contributed by atoms with Crippen LogP contribution in [0.4, 0.5) is 5.69 Å². The number of fused-ring (bicyclic) bond motifs is 1. The minimum Gasteiger partial charge on any atom is -0.383 e. The largest absolute Gasteiger partial charge is 0.383 e. The third-order valence-electron chi connectivity index (χ3n) is 6.09. The van der Waals surface area contributed by atoms with Crippen molar-refractivity contribution in [1.82, 2.24) is 4.90 Å². The van der Waals surface area contributed by atoms with Crippen LogP contribution in [0.15, 0.2) is 74.6 Å². The summed E-state index contributed by atoms with van der Waals surface area (Å²) in [7, 11) is -4.00. The van der Waals surface area contributed by atoms with Gasteiger partial charge in [-0.1, -0.05) is 49.4 Å². The smallest absolute Gasteiger partial charge is 0.338 e. The van der Waals surface area contributed by atoms with Crippen LogP contribution in [0.5, 0.6) is 0 Å². The Kier molecular flexibility index (Phi) is 7.50. The molecule has 1 heterocycles. The van der Waals surface area contributed by atoms with E-state index in [0.29, 0.717) is 11.3 Å². The number of allylic oxidation sites excluding steroid dienone is 4. The van der Waals surface area contributed by atoms with Gasteiger partial charge < -0.3 is 14.4 Å². The Balaban J connectivity index is 1.54. The molecule has 4 rings (SSSR count). The van der Waals surface area contributed by atoms with Crippen molar-refractivity contribution in [2.45, 2.75) is 43.4 Å². The molecule has 2 aliphatic rings. The van der Waals surface area contributed by atoms with E-state index in [1.165, 1.54) is 23.9 Å². The van der Waals surface area contributed by atoms with Crippen LogP contribution < -0.4 is 5.32 Å². The van der Waals surface area contributed by atoms with E-state index in [4.69, 9.17) is 4.18 Å². The molecule has 0 saturated carbocycles. The topological polar surface area (TPSA) is 75.7 Å². The number of aryl methyl sites for hydroxylation is 1. The Morgan fingerprint density at radius 3 is 2.50 bits per heavy atom. The zero-order valence-corrected chi connectivity index (χ0v) is 21.4. The Bertz CT molecular complexity index is 1240. The van der Waals surface area contributed by atoms with E-state index in [2.05, 4.69) is 30.1 Å². The highest BCUT2D eigenvalue weighted by Crippen LogP contribution is 2.45. The first kappa shape index (κ1) is 24.6. The minimum absolute atomic E-state index is 0.0614. The molecule has 2 aromatic carbocycles. The third-order valence-corrected chi connectivity index (χ3v) is 8.67. The van der Waals surface area contributed by atoms with Gasteiger partial charge in [0.15, 0.2) is 5.78 Å². The summed E-state index contributed by atoms with van der Waals surface area (Å²) in [6.45, 7) is 10.0. The number of nitrogens with zero attached hydrogens (tertiary/aromatic N) is 1. The quantitative estimate of drug-likeness (QED) is 0.492.